The summed E-state index contributed by atoms with van der Waals surface area (Å²) in [5.41, 5.74) is 1.06. The van der Waals surface area contributed by atoms with Gasteiger partial charge in [0, 0.05) is 30.6 Å². The molecule has 0 aliphatic carbocycles. The first-order chi connectivity index (χ1) is 11.5. The quantitative estimate of drug-likeness (QED) is 0.227. The average molecular weight is 494 g/mol. The highest BCUT2D eigenvalue weighted by Crippen LogP contribution is 2.23. The maximum atomic E-state index is 10.6. The van der Waals surface area contributed by atoms with Crippen molar-refractivity contribution in [1.29, 1.82) is 0 Å². The summed E-state index contributed by atoms with van der Waals surface area (Å²) in [6, 6.07) is 1.94. The van der Waals surface area contributed by atoms with Gasteiger partial charge in [0.15, 0.2) is 5.96 Å². The van der Waals surface area contributed by atoms with E-state index >= 15 is 0 Å². The molecule has 8 heteroatoms. The van der Waals surface area contributed by atoms with Gasteiger partial charge in [0.2, 0.25) is 0 Å². The molecule has 2 aromatic heterocycles. The minimum absolute atomic E-state index is 0. The molecule has 2 heterocycles. The summed E-state index contributed by atoms with van der Waals surface area (Å²) in [6.45, 7) is 7.79. The van der Waals surface area contributed by atoms with Crippen molar-refractivity contribution in [2.45, 2.75) is 39.2 Å². The number of guanidine groups is 1. The molecule has 0 saturated carbocycles. The molecule has 140 valence electrons. The van der Waals surface area contributed by atoms with E-state index in [2.05, 4.69) is 26.0 Å². The lowest BCUT2D eigenvalue weighted by atomic mass is 10.00. The van der Waals surface area contributed by atoms with Crippen LogP contribution in [0.5, 0.6) is 0 Å². The normalized spacial score (nSPS) is 13.8. The molecule has 0 saturated heterocycles. The van der Waals surface area contributed by atoms with Gasteiger partial charge in [-0.2, -0.15) is 11.3 Å². The lowest BCUT2D eigenvalue weighted by Crippen LogP contribution is -2.39. The van der Waals surface area contributed by atoms with E-state index < -0.39 is 5.60 Å². The number of thiophene rings is 1. The van der Waals surface area contributed by atoms with Crippen molar-refractivity contribution >= 4 is 52.6 Å². The van der Waals surface area contributed by atoms with E-state index in [0.717, 1.165) is 43.1 Å². The number of nitrogens with one attached hydrogen (secondary N) is 2. The summed E-state index contributed by atoms with van der Waals surface area (Å²) in [6.07, 6.45) is 1.97. The second kappa shape index (κ2) is 11.1. The summed E-state index contributed by atoms with van der Waals surface area (Å²) in [7, 11) is 0. The van der Waals surface area contributed by atoms with Crippen molar-refractivity contribution in [3.8, 4) is 0 Å². The number of aryl methyl sites for hydroxylation is 2. The number of halogens is 1. The van der Waals surface area contributed by atoms with Crippen molar-refractivity contribution in [1.82, 2.24) is 15.6 Å². The molecule has 2 rings (SSSR count). The van der Waals surface area contributed by atoms with E-state index in [9.17, 15) is 5.11 Å². The Kier molecular flexibility index (Phi) is 9.91. The van der Waals surface area contributed by atoms with Crippen molar-refractivity contribution in [2.75, 3.05) is 19.6 Å². The largest absolute Gasteiger partial charge is 0.383 e. The van der Waals surface area contributed by atoms with Crippen LogP contribution in [0.3, 0.4) is 0 Å². The molecule has 0 spiro atoms. The number of aliphatic imine (C=N–C) groups is 1. The number of hydrogen-bond donors (Lipinski definition) is 3. The summed E-state index contributed by atoms with van der Waals surface area (Å²) in [5, 5.41) is 24.3. The molecule has 0 aliphatic heterocycles. The van der Waals surface area contributed by atoms with Gasteiger partial charge in [0.25, 0.3) is 0 Å². The number of rotatable bonds is 8. The van der Waals surface area contributed by atoms with Crippen LogP contribution in [0.2, 0.25) is 0 Å². The minimum Gasteiger partial charge on any atom is -0.383 e. The van der Waals surface area contributed by atoms with Crippen LogP contribution in [0.1, 0.15) is 36.5 Å². The maximum absolute atomic E-state index is 10.6. The van der Waals surface area contributed by atoms with Gasteiger partial charge in [0.1, 0.15) is 5.60 Å². The average Bonchev–Trinajstić information content (AvgIpc) is 3.21. The van der Waals surface area contributed by atoms with Crippen LogP contribution in [0.25, 0.3) is 0 Å². The van der Waals surface area contributed by atoms with Crippen LogP contribution < -0.4 is 10.6 Å². The molecule has 25 heavy (non-hydrogen) atoms. The highest BCUT2D eigenvalue weighted by atomic mass is 127. The van der Waals surface area contributed by atoms with E-state index in [-0.39, 0.29) is 24.0 Å². The van der Waals surface area contributed by atoms with Gasteiger partial charge in [0.05, 0.1) is 11.6 Å². The number of nitrogens with zero attached hydrogens (tertiary/aromatic N) is 2. The fourth-order valence-electron chi connectivity index (χ4n) is 2.20. The third kappa shape index (κ3) is 7.59. The van der Waals surface area contributed by atoms with Crippen LogP contribution in [0.15, 0.2) is 27.2 Å². The third-order valence-electron chi connectivity index (χ3n) is 3.56. The van der Waals surface area contributed by atoms with Gasteiger partial charge in [-0.3, -0.25) is 0 Å². The summed E-state index contributed by atoms with van der Waals surface area (Å²) in [5.74, 6) is 0.739. The van der Waals surface area contributed by atoms with Crippen LogP contribution in [-0.4, -0.2) is 35.7 Å². The minimum atomic E-state index is -0.944. The highest BCUT2D eigenvalue weighted by molar-refractivity contribution is 14.0. The molecule has 3 N–H and O–H groups in total. The molecular weight excluding hydrogens is 467 g/mol. The first kappa shape index (κ1) is 22.3. The maximum Gasteiger partial charge on any atom is 0.191 e. The van der Waals surface area contributed by atoms with E-state index in [1.165, 1.54) is 5.01 Å². The molecule has 0 bridgehead atoms. The summed E-state index contributed by atoms with van der Waals surface area (Å²) < 4.78 is 0. The summed E-state index contributed by atoms with van der Waals surface area (Å²) >= 11 is 3.30. The molecule has 0 radical (unpaired) electrons. The first-order valence-electron chi connectivity index (χ1n) is 8.19. The van der Waals surface area contributed by atoms with Gasteiger partial charge >= 0.3 is 0 Å². The van der Waals surface area contributed by atoms with Gasteiger partial charge in [-0.15, -0.1) is 35.3 Å². The zero-order chi connectivity index (χ0) is 17.4. The SMILES string of the molecule is CCNC(=NCC(C)(O)c1ccsc1)NCCCc1nc(C)cs1.I. The van der Waals surface area contributed by atoms with Gasteiger partial charge in [-0.05, 0) is 49.6 Å². The molecule has 1 atom stereocenters. The molecular formula is C17H27IN4OS2. The zero-order valence-electron chi connectivity index (χ0n) is 14.9. The Labute approximate surface area is 175 Å². The second-order valence-corrected chi connectivity index (χ2v) is 7.62. The Bertz CT molecular complexity index is 641. The van der Waals surface area contributed by atoms with E-state index in [1.54, 1.807) is 29.6 Å². The first-order valence-corrected chi connectivity index (χ1v) is 10.0. The molecule has 0 fully saturated rings. The van der Waals surface area contributed by atoms with Crippen LogP contribution in [-0.2, 0) is 12.0 Å². The fourth-order valence-corrected chi connectivity index (χ4v) is 3.80. The Morgan fingerprint density at radius 2 is 2.16 bits per heavy atom. The fraction of sp³-hybridized carbons (Fsp3) is 0.529. The zero-order valence-corrected chi connectivity index (χ0v) is 18.9. The van der Waals surface area contributed by atoms with E-state index in [0.29, 0.717) is 6.54 Å². The number of aliphatic hydroxyl groups is 1. The van der Waals surface area contributed by atoms with Crippen LogP contribution >= 0.6 is 46.7 Å². The van der Waals surface area contributed by atoms with Gasteiger partial charge < -0.3 is 15.7 Å². The number of thiazole rings is 1. The van der Waals surface area contributed by atoms with Gasteiger partial charge in [-0.25, -0.2) is 9.98 Å². The summed E-state index contributed by atoms with van der Waals surface area (Å²) in [4.78, 5) is 9.00. The number of aromatic nitrogens is 1. The Hall–Kier alpha value is -0.710. The second-order valence-electron chi connectivity index (χ2n) is 5.89. The Morgan fingerprint density at radius 3 is 2.76 bits per heavy atom. The molecule has 0 aliphatic rings. The van der Waals surface area contributed by atoms with Crippen molar-refractivity contribution in [3.63, 3.8) is 0 Å². The molecule has 0 aromatic carbocycles. The monoisotopic (exact) mass is 494 g/mol. The van der Waals surface area contributed by atoms with Crippen molar-refractivity contribution in [2.24, 2.45) is 4.99 Å². The number of hydrogen-bond acceptors (Lipinski definition) is 5. The molecule has 0 amide bonds. The highest BCUT2D eigenvalue weighted by Gasteiger charge is 2.23. The lowest BCUT2D eigenvalue weighted by Gasteiger charge is -2.21. The van der Waals surface area contributed by atoms with Crippen molar-refractivity contribution in [3.05, 3.63) is 38.5 Å². The van der Waals surface area contributed by atoms with Gasteiger partial charge in [-0.1, -0.05) is 0 Å². The molecule has 2 aromatic rings. The topological polar surface area (TPSA) is 69.5 Å². The van der Waals surface area contributed by atoms with Crippen LogP contribution in [0.4, 0.5) is 0 Å². The standard InChI is InChI=1S/C17H26N4OS2.HI/c1-4-18-16(19-8-5-6-15-21-13(2)10-24-15)20-12-17(3,22)14-7-9-23-11-14;/h7,9-11,22H,4-6,8,12H2,1-3H3,(H2,18,19,20);1H. The van der Waals surface area contributed by atoms with E-state index in [4.69, 9.17) is 0 Å². The van der Waals surface area contributed by atoms with Crippen molar-refractivity contribution < 1.29 is 5.11 Å². The predicted octanol–water partition coefficient (Wildman–Crippen LogP) is 3.53. The smallest absolute Gasteiger partial charge is 0.191 e. The Balaban J connectivity index is 0.00000312. The lowest BCUT2D eigenvalue weighted by molar-refractivity contribution is 0.0677. The molecule has 5 nitrogen and oxygen atoms in total. The Morgan fingerprint density at radius 1 is 1.36 bits per heavy atom. The third-order valence-corrected chi connectivity index (χ3v) is 5.27. The molecule has 1 unspecified atom stereocenters. The van der Waals surface area contributed by atoms with Crippen LogP contribution in [0, 0.1) is 6.92 Å². The predicted molar refractivity (Wildman–Crippen MR) is 118 cm³/mol. The van der Waals surface area contributed by atoms with E-state index in [1.807, 2.05) is 30.7 Å².